The minimum absolute atomic E-state index is 1.16. The third-order valence-corrected chi connectivity index (χ3v) is 4.51. The molecule has 0 spiro atoms. The van der Waals surface area contributed by atoms with Crippen molar-refractivity contribution in [1.82, 2.24) is 4.90 Å². The zero-order valence-electron chi connectivity index (χ0n) is 15.3. The molecule has 0 aliphatic carbocycles. The quantitative estimate of drug-likeness (QED) is 0.262. The van der Waals surface area contributed by atoms with Crippen molar-refractivity contribution in [2.45, 2.75) is 111 Å². The maximum absolute atomic E-state index is 2.42. The molecule has 0 heterocycles. The maximum atomic E-state index is 2.42. The third kappa shape index (κ3) is 16.2. The first kappa shape index (κ1) is 21.0. The van der Waals surface area contributed by atoms with Gasteiger partial charge in [-0.1, -0.05) is 104 Å². The molecule has 0 bridgehead atoms. The van der Waals surface area contributed by atoms with Crippen LogP contribution in [0.4, 0.5) is 0 Å². The SMILES string of the molecule is CCCCCCCCCCCCCCC[CH]N(CC)CC. The molecule has 0 saturated carbocycles. The summed E-state index contributed by atoms with van der Waals surface area (Å²) < 4.78 is 0. The van der Waals surface area contributed by atoms with Gasteiger partial charge in [0.1, 0.15) is 0 Å². The lowest BCUT2D eigenvalue weighted by Gasteiger charge is -2.16. The highest BCUT2D eigenvalue weighted by molar-refractivity contribution is 4.65. The van der Waals surface area contributed by atoms with Crippen LogP contribution in [0.3, 0.4) is 0 Å². The maximum Gasteiger partial charge on any atom is 0.0251 e. The molecule has 0 aromatic carbocycles. The van der Waals surface area contributed by atoms with Crippen molar-refractivity contribution >= 4 is 0 Å². The predicted octanol–water partition coefficient (Wildman–Crippen LogP) is 6.97. The highest BCUT2D eigenvalue weighted by atomic mass is 15.1. The van der Waals surface area contributed by atoms with Gasteiger partial charge in [-0.2, -0.15) is 0 Å². The lowest BCUT2D eigenvalue weighted by molar-refractivity contribution is 0.354. The van der Waals surface area contributed by atoms with Crippen LogP contribution in [-0.4, -0.2) is 18.0 Å². The average molecular weight is 297 g/mol. The Balaban J connectivity index is 3.02. The number of hydrogen-bond donors (Lipinski definition) is 0. The molecule has 0 amide bonds. The van der Waals surface area contributed by atoms with Crippen LogP contribution in [0.15, 0.2) is 0 Å². The molecule has 0 aromatic heterocycles. The number of nitrogens with zero attached hydrogens (tertiary/aromatic N) is 1. The minimum atomic E-state index is 1.16. The van der Waals surface area contributed by atoms with Gasteiger partial charge in [-0.25, -0.2) is 0 Å². The molecule has 0 saturated heterocycles. The summed E-state index contributed by atoms with van der Waals surface area (Å²) in [5, 5.41) is 0. The average Bonchev–Trinajstić information content (AvgIpc) is 2.51. The lowest BCUT2D eigenvalue weighted by atomic mass is 10.0. The van der Waals surface area contributed by atoms with Gasteiger partial charge in [0, 0.05) is 6.54 Å². The first-order valence-electron chi connectivity index (χ1n) is 9.92. The molecule has 0 unspecified atom stereocenters. The van der Waals surface area contributed by atoms with Gasteiger partial charge in [-0.05, 0) is 19.5 Å². The van der Waals surface area contributed by atoms with E-state index in [-0.39, 0.29) is 0 Å². The summed E-state index contributed by atoms with van der Waals surface area (Å²) in [4.78, 5) is 2.42. The van der Waals surface area contributed by atoms with Gasteiger partial charge < -0.3 is 0 Å². The van der Waals surface area contributed by atoms with Gasteiger partial charge in [0.05, 0.1) is 0 Å². The third-order valence-electron chi connectivity index (χ3n) is 4.51. The fourth-order valence-electron chi connectivity index (χ4n) is 2.92. The van der Waals surface area contributed by atoms with Crippen LogP contribution >= 0.6 is 0 Å². The Morgan fingerprint density at radius 1 is 0.524 bits per heavy atom. The summed E-state index contributed by atoms with van der Waals surface area (Å²) in [6, 6.07) is 0. The van der Waals surface area contributed by atoms with Crippen molar-refractivity contribution in [1.29, 1.82) is 0 Å². The van der Waals surface area contributed by atoms with E-state index < -0.39 is 0 Å². The molecular formula is C20H42N. The largest absolute Gasteiger partial charge is 0.299 e. The smallest absolute Gasteiger partial charge is 0.0251 e. The fourth-order valence-corrected chi connectivity index (χ4v) is 2.92. The molecule has 127 valence electrons. The molecule has 0 atom stereocenters. The van der Waals surface area contributed by atoms with Crippen molar-refractivity contribution in [3.63, 3.8) is 0 Å². The molecule has 0 aliphatic rings. The Hall–Kier alpha value is -0.0400. The molecule has 21 heavy (non-hydrogen) atoms. The van der Waals surface area contributed by atoms with Gasteiger partial charge in [-0.3, -0.25) is 4.90 Å². The van der Waals surface area contributed by atoms with Crippen LogP contribution in [0.25, 0.3) is 0 Å². The summed E-state index contributed by atoms with van der Waals surface area (Å²) in [6.45, 7) is 11.5. The van der Waals surface area contributed by atoms with Crippen molar-refractivity contribution in [3.8, 4) is 0 Å². The predicted molar refractivity (Wildman–Crippen MR) is 97.5 cm³/mol. The number of hydrogen-bond acceptors (Lipinski definition) is 1. The van der Waals surface area contributed by atoms with E-state index >= 15 is 0 Å². The van der Waals surface area contributed by atoms with Crippen molar-refractivity contribution in [3.05, 3.63) is 6.54 Å². The van der Waals surface area contributed by atoms with E-state index in [2.05, 4.69) is 32.2 Å². The second-order valence-corrected chi connectivity index (χ2v) is 6.44. The topological polar surface area (TPSA) is 3.24 Å². The zero-order valence-corrected chi connectivity index (χ0v) is 15.3. The van der Waals surface area contributed by atoms with Crippen LogP contribution in [0.2, 0.25) is 0 Å². The normalized spacial score (nSPS) is 11.4. The van der Waals surface area contributed by atoms with Gasteiger partial charge in [-0.15, -0.1) is 0 Å². The van der Waals surface area contributed by atoms with Crippen LogP contribution < -0.4 is 0 Å². The molecule has 0 rings (SSSR count). The molecule has 0 aliphatic heterocycles. The van der Waals surface area contributed by atoms with E-state index in [9.17, 15) is 0 Å². The van der Waals surface area contributed by atoms with E-state index in [4.69, 9.17) is 0 Å². The Bertz CT molecular complexity index is 175. The number of unbranched alkanes of at least 4 members (excludes halogenated alkanes) is 13. The van der Waals surface area contributed by atoms with E-state index in [1.165, 1.54) is 89.9 Å². The molecule has 0 fully saturated rings. The van der Waals surface area contributed by atoms with Gasteiger partial charge in [0.25, 0.3) is 0 Å². The van der Waals surface area contributed by atoms with Crippen molar-refractivity contribution in [2.24, 2.45) is 0 Å². The Morgan fingerprint density at radius 3 is 1.29 bits per heavy atom. The first-order valence-corrected chi connectivity index (χ1v) is 9.92. The van der Waals surface area contributed by atoms with Crippen LogP contribution in [0.5, 0.6) is 0 Å². The lowest BCUT2D eigenvalue weighted by Crippen LogP contribution is -2.19. The minimum Gasteiger partial charge on any atom is -0.299 e. The van der Waals surface area contributed by atoms with Crippen molar-refractivity contribution < 1.29 is 0 Å². The summed E-state index contributed by atoms with van der Waals surface area (Å²) in [5.41, 5.74) is 0. The summed E-state index contributed by atoms with van der Waals surface area (Å²) >= 11 is 0. The summed E-state index contributed by atoms with van der Waals surface area (Å²) in [7, 11) is 0. The second kappa shape index (κ2) is 18.0. The van der Waals surface area contributed by atoms with E-state index in [1.807, 2.05) is 0 Å². The number of rotatable bonds is 17. The molecule has 0 N–H and O–H groups in total. The molecule has 1 heteroatoms. The van der Waals surface area contributed by atoms with Gasteiger partial charge in [0.15, 0.2) is 0 Å². The molecule has 1 nitrogen and oxygen atoms in total. The monoisotopic (exact) mass is 296 g/mol. The van der Waals surface area contributed by atoms with Crippen LogP contribution in [0.1, 0.15) is 111 Å². The standard InChI is InChI=1S/C20H42N/c1-4-7-8-9-10-11-12-13-14-15-16-17-18-19-20-21(5-2)6-3/h20H,4-19H2,1-3H3. The Morgan fingerprint density at radius 2 is 0.905 bits per heavy atom. The molecule has 1 radical (unpaired) electrons. The first-order chi connectivity index (χ1) is 10.3. The Kier molecular flexibility index (Phi) is 18.0. The van der Waals surface area contributed by atoms with Gasteiger partial charge in [0.2, 0.25) is 0 Å². The summed E-state index contributed by atoms with van der Waals surface area (Å²) in [6.07, 6.45) is 20.1. The van der Waals surface area contributed by atoms with E-state index in [1.54, 1.807) is 0 Å². The van der Waals surface area contributed by atoms with E-state index in [0.717, 1.165) is 13.1 Å². The highest BCUT2D eigenvalue weighted by Crippen LogP contribution is 2.13. The summed E-state index contributed by atoms with van der Waals surface area (Å²) in [5.74, 6) is 0. The van der Waals surface area contributed by atoms with Gasteiger partial charge >= 0.3 is 0 Å². The highest BCUT2D eigenvalue weighted by Gasteiger charge is 1.98. The second-order valence-electron chi connectivity index (χ2n) is 6.44. The molecular weight excluding hydrogens is 254 g/mol. The van der Waals surface area contributed by atoms with Crippen LogP contribution in [-0.2, 0) is 0 Å². The van der Waals surface area contributed by atoms with E-state index in [0.29, 0.717) is 0 Å². The fraction of sp³-hybridized carbons (Fsp3) is 0.950. The Labute approximate surface area is 135 Å². The van der Waals surface area contributed by atoms with Crippen molar-refractivity contribution in [2.75, 3.05) is 13.1 Å². The van der Waals surface area contributed by atoms with Crippen LogP contribution in [0, 0.1) is 6.54 Å². The zero-order chi connectivity index (χ0) is 15.6. The molecule has 0 aromatic rings.